The van der Waals surface area contributed by atoms with Gasteiger partial charge in [-0.1, -0.05) is 22.0 Å². The molecule has 0 radical (unpaired) electrons. The van der Waals surface area contributed by atoms with Crippen LogP contribution in [0, 0.1) is 5.92 Å². The molecular weight excluding hydrogens is 296 g/mol. The molecule has 1 saturated heterocycles. The molecule has 5 heteroatoms. The number of nitrogens with zero attached hydrogens (tertiary/aromatic N) is 1. The van der Waals surface area contributed by atoms with E-state index in [2.05, 4.69) is 15.9 Å². The first-order valence-electron chi connectivity index (χ1n) is 6.05. The van der Waals surface area contributed by atoms with Crippen molar-refractivity contribution in [3.8, 4) is 5.75 Å². The van der Waals surface area contributed by atoms with E-state index in [0.29, 0.717) is 18.2 Å². The maximum absolute atomic E-state index is 11.9. The van der Waals surface area contributed by atoms with Crippen LogP contribution in [0.5, 0.6) is 5.75 Å². The van der Waals surface area contributed by atoms with Crippen LogP contribution in [-0.2, 0) is 4.79 Å². The largest absolute Gasteiger partial charge is 0.484 e. The Bertz CT molecular complexity index is 425. The van der Waals surface area contributed by atoms with Crippen LogP contribution in [-0.4, -0.2) is 37.0 Å². The van der Waals surface area contributed by atoms with Gasteiger partial charge in [-0.05, 0) is 37.1 Å². The van der Waals surface area contributed by atoms with Crippen LogP contribution in [0.15, 0.2) is 28.7 Å². The molecule has 4 nitrogen and oxygen atoms in total. The van der Waals surface area contributed by atoms with Gasteiger partial charge >= 0.3 is 0 Å². The number of carbonyl (C=O) groups is 1. The summed E-state index contributed by atoms with van der Waals surface area (Å²) < 4.78 is 6.42. The first-order chi connectivity index (χ1) is 8.69. The van der Waals surface area contributed by atoms with Gasteiger partial charge in [-0.25, -0.2) is 0 Å². The van der Waals surface area contributed by atoms with E-state index in [1.54, 1.807) is 0 Å². The lowest BCUT2D eigenvalue weighted by molar-refractivity contribution is -0.132. The maximum Gasteiger partial charge on any atom is 0.260 e. The van der Waals surface area contributed by atoms with E-state index in [1.807, 2.05) is 29.2 Å². The predicted molar refractivity (Wildman–Crippen MR) is 73.4 cm³/mol. The molecule has 18 heavy (non-hydrogen) atoms. The van der Waals surface area contributed by atoms with Crippen LogP contribution >= 0.6 is 15.9 Å². The molecule has 1 atom stereocenters. The van der Waals surface area contributed by atoms with E-state index >= 15 is 0 Å². The molecule has 0 saturated carbocycles. The number of benzene rings is 1. The van der Waals surface area contributed by atoms with Crippen LogP contribution in [0.3, 0.4) is 0 Å². The Balaban J connectivity index is 1.82. The van der Waals surface area contributed by atoms with Crippen LogP contribution in [0.4, 0.5) is 0 Å². The number of likely N-dealkylation sites (tertiary alicyclic amines) is 1. The molecule has 1 fully saturated rings. The molecule has 0 bridgehead atoms. The lowest BCUT2D eigenvalue weighted by atomic mass is 10.1. The van der Waals surface area contributed by atoms with Gasteiger partial charge in [0.1, 0.15) is 5.75 Å². The molecular formula is C13H17BrN2O2. The summed E-state index contributed by atoms with van der Waals surface area (Å²) in [6.45, 7) is 2.30. The first kappa shape index (κ1) is 13.4. The molecule has 1 aromatic carbocycles. The molecule has 1 heterocycles. The summed E-state index contributed by atoms with van der Waals surface area (Å²) in [5.41, 5.74) is 5.60. The highest BCUT2D eigenvalue weighted by Crippen LogP contribution is 2.18. The highest BCUT2D eigenvalue weighted by Gasteiger charge is 2.25. The van der Waals surface area contributed by atoms with Crippen LogP contribution in [0.2, 0.25) is 0 Å². The molecule has 98 valence electrons. The lowest BCUT2D eigenvalue weighted by Gasteiger charge is -2.16. The molecule has 0 aromatic heterocycles. The fraction of sp³-hybridized carbons (Fsp3) is 0.462. The van der Waals surface area contributed by atoms with Gasteiger partial charge in [0.05, 0.1) is 0 Å². The zero-order valence-corrected chi connectivity index (χ0v) is 11.7. The molecule has 1 amide bonds. The summed E-state index contributed by atoms with van der Waals surface area (Å²) >= 11 is 3.36. The number of nitrogens with two attached hydrogens (primary N) is 1. The van der Waals surface area contributed by atoms with Crippen molar-refractivity contribution in [2.75, 3.05) is 26.2 Å². The van der Waals surface area contributed by atoms with Gasteiger partial charge < -0.3 is 15.4 Å². The predicted octanol–water partition coefficient (Wildman–Crippen LogP) is 1.64. The van der Waals surface area contributed by atoms with Gasteiger partial charge in [0, 0.05) is 17.6 Å². The third-order valence-corrected chi connectivity index (χ3v) is 3.62. The van der Waals surface area contributed by atoms with Gasteiger partial charge in [-0.15, -0.1) is 0 Å². The van der Waals surface area contributed by atoms with Gasteiger partial charge in [0.2, 0.25) is 0 Å². The fourth-order valence-electron chi connectivity index (χ4n) is 2.04. The molecule has 2 N–H and O–H groups in total. The first-order valence-corrected chi connectivity index (χ1v) is 6.84. The topological polar surface area (TPSA) is 55.6 Å². The number of hydrogen-bond donors (Lipinski definition) is 1. The number of hydrogen-bond acceptors (Lipinski definition) is 3. The number of carbonyl (C=O) groups excluding carboxylic acids is 1. The average Bonchev–Trinajstić information content (AvgIpc) is 2.85. The fourth-order valence-corrected chi connectivity index (χ4v) is 2.42. The minimum atomic E-state index is 0.0333. The Labute approximate surface area is 115 Å². The average molecular weight is 313 g/mol. The second kappa shape index (κ2) is 6.20. The van der Waals surface area contributed by atoms with Crippen LogP contribution in [0.1, 0.15) is 6.42 Å². The second-order valence-electron chi connectivity index (χ2n) is 4.48. The minimum absolute atomic E-state index is 0.0333. The Hall–Kier alpha value is -1.07. The zero-order chi connectivity index (χ0) is 13.0. The summed E-state index contributed by atoms with van der Waals surface area (Å²) in [5, 5.41) is 0. The normalized spacial score (nSPS) is 19.0. The lowest BCUT2D eigenvalue weighted by Crippen LogP contribution is -2.33. The van der Waals surface area contributed by atoms with Crippen LogP contribution in [0.25, 0.3) is 0 Å². The maximum atomic E-state index is 11.9. The molecule has 1 aliphatic rings. The second-order valence-corrected chi connectivity index (χ2v) is 5.39. The standard InChI is InChI=1S/C13H17BrN2O2/c14-11-2-1-3-12(6-11)18-9-13(17)16-5-4-10(7-15)8-16/h1-3,6,10H,4-5,7-9,15H2/t10-/m0/s1. The Kier molecular flexibility index (Phi) is 4.60. The molecule has 0 spiro atoms. The third-order valence-electron chi connectivity index (χ3n) is 3.13. The van der Waals surface area contributed by atoms with E-state index in [4.69, 9.17) is 10.5 Å². The molecule has 1 aliphatic heterocycles. The molecule has 0 aliphatic carbocycles. The van der Waals surface area contributed by atoms with Gasteiger partial charge in [0.15, 0.2) is 6.61 Å². The van der Waals surface area contributed by atoms with E-state index in [0.717, 1.165) is 24.0 Å². The Morgan fingerprint density at radius 3 is 3.06 bits per heavy atom. The summed E-state index contributed by atoms with van der Waals surface area (Å²) in [7, 11) is 0. The van der Waals surface area contributed by atoms with E-state index < -0.39 is 0 Å². The van der Waals surface area contributed by atoms with E-state index in [9.17, 15) is 4.79 Å². The van der Waals surface area contributed by atoms with Crippen molar-refractivity contribution in [2.24, 2.45) is 11.7 Å². The van der Waals surface area contributed by atoms with Crippen molar-refractivity contribution in [3.05, 3.63) is 28.7 Å². The smallest absolute Gasteiger partial charge is 0.260 e. The summed E-state index contributed by atoms with van der Waals surface area (Å²) in [5.74, 6) is 1.18. The van der Waals surface area contributed by atoms with E-state index in [1.165, 1.54) is 0 Å². The quantitative estimate of drug-likeness (QED) is 0.919. The minimum Gasteiger partial charge on any atom is -0.484 e. The highest BCUT2D eigenvalue weighted by molar-refractivity contribution is 9.10. The van der Waals surface area contributed by atoms with Gasteiger partial charge in [-0.2, -0.15) is 0 Å². The highest BCUT2D eigenvalue weighted by atomic mass is 79.9. The van der Waals surface area contributed by atoms with Gasteiger partial charge in [-0.3, -0.25) is 4.79 Å². The van der Waals surface area contributed by atoms with Crippen molar-refractivity contribution >= 4 is 21.8 Å². The number of rotatable bonds is 4. The molecule has 1 aromatic rings. The van der Waals surface area contributed by atoms with Gasteiger partial charge in [0.25, 0.3) is 5.91 Å². The van der Waals surface area contributed by atoms with E-state index in [-0.39, 0.29) is 12.5 Å². The van der Waals surface area contributed by atoms with Crippen LogP contribution < -0.4 is 10.5 Å². The zero-order valence-electron chi connectivity index (χ0n) is 10.1. The summed E-state index contributed by atoms with van der Waals surface area (Å²) in [6, 6.07) is 7.48. The molecule has 0 unspecified atom stereocenters. The summed E-state index contributed by atoms with van der Waals surface area (Å²) in [6.07, 6.45) is 0.999. The van der Waals surface area contributed by atoms with Crippen molar-refractivity contribution < 1.29 is 9.53 Å². The molecule has 2 rings (SSSR count). The van der Waals surface area contributed by atoms with Crippen molar-refractivity contribution in [2.45, 2.75) is 6.42 Å². The Morgan fingerprint density at radius 1 is 1.56 bits per heavy atom. The number of halogens is 1. The monoisotopic (exact) mass is 312 g/mol. The summed E-state index contributed by atoms with van der Waals surface area (Å²) in [4.78, 5) is 13.7. The van der Waals surface area contributed by atoms with Crippen molar-refractivity contribution in [3.63, 3.8) is 0 Å². The number of ether oxygens (including phenoxy) is 1. The third kappa shape index (κ3) is 3.46. The van der Waals surface area contributed by atoms with Crippen molar-refractivity contribution in [1.82, 2.24) is 4.90 Å². The van der Waals surface area contributed by atoms with Crippen molar-refractivity contribution in [1.29, 1.82) is 0 Å². The SMILES string of the molecule is NC[C@@H]1CCN(C(=O)COc2cccc(Br)c2)C1. The number of amides is 1. The Morgan fingerprint density at radius 2 is 2.39 bits per heavy atom.